The molecule has 6 heteroatoms. The molecule has 2 heterocycles. The SMILES string of the molecule is Cc1nn(C)c(C)c1C(=O)N1C[C@@H](N)[C@H](c2ccccc2)C1.Cl. The summed E-state index contributed by atoms with van der Waals surface area (Å²) < 4.78 is 1.76. The molecular formula is C17H23ClN4O. The summed E-state index contributed by atoms with van der Waals surface area (Å²) in [7, 11) is 1.86. The molecule has 0 spiro atoms. The number of halogens is 1. The minimum Gasteiger partial charge on any atom is -0.336 e. The van der Waals surface area contributed by atoms with Crippen LogP contribution in [0.4, 0.5) is 0 Å². The van der Waals surface area contributed by atoms with Crippen molar-refractivity contribution in [1.29, 1.82) is 0 Å². The Morgan fingerprint density at radius 1 is 1.22 bits per heavy atom. The van der Waals surface area contributed by atoms with Crippen molar-refractivity contribution in [3.8, 4) is 0 Å². The zero-order chi connectivity index (χ0) is 15.9. The van der Waals surface area contributed by atoms with Gasteiger partial charge in [0.25, 0.3) is 5.91 Å². The molecule has 2 aromatic rings. The third-order valence-electron chi connectivity index (χ3n) is 4.60. The summed E-state index contributed by atoms with van der Waals surface area (Å²) >= 11 is 0. The molecule has 0 aliphatic carbocycles. The topological polar surface area (TPSA) is 64.2 Å². The zero-order valence-corrected chi connectivity index (χ0v) is 14.5. The number of hydrogen-bond donors (Lipinski definition) is 1. The van der Waals surface area contributed by atoms with Crippen LogP contribution in [0.3, 0.4) is 0 Å². The Balaban J connectivity index is 0.00000192. The molecule has 0 saturated carbocycles. The summed E-state index contributed by atoms with van der Waals surface area (Å²) in [6, 6.07) is 10.2. The van der Waals surface area contributed by atoms with E-state index in [9.17, 15) is 4.79 Å². The molecule has 23 heavy (non-hydrogen) atoms. The van der Waals surface area contributed by atoms with E-state index < -0.39 is 0 Å². The predicted octanol–water partition coefficient (Wildman–Crippen LogP) is 2.03. The van der Waals surface area contributed by atoms with Gasteiger partial charge < -0.3 is 10.6 Å². The van der Waals surface area contributed by atoms with Gasteiger partial charge in [0.15, 0.2) is 0 Å². The fraction of sp³-hybridized carbons (Fsp3) is 0.412. The molecule has 1 saturated heterocycles. The summed E-state index contributed by atoms with van der Waals surface area (Å²) in [4.78, 5) is 14.7. The molecule has 2 N–H and O–H groups in total. The van der Waals surface area contributed by atoms with E-state index in [1.807, 2.05) is 44.0 Å². The van der Waals surface area contributed by atoms with E-state index in [0.29, 0.717) is 18.7 Å². The first-order valence-corrected chi connectivity index (χ1v) is 7.59. The lowest BCUT2D eigenvalue weighted by Gasteiger charge is -2.16. The number of benzene rings is 1. The second-order valence-corrected chi connectivity index (χ2v) is 6.06. The monoisotopic (exact) mass is 334 g/mol. The third kappa shape index (κ3) is 3.12. The molecule has 1 aliphatic heterocycles. The molecule has 1 amide bonds. The Kier molecular flexibility index (Phi) is 5.12. The van der Waals surface area contributed by atoms with Gasteiger partial charge in [-0.05, 0) is 19.4 Å². The van der Waals surface area contributed by atoms with Crippen molar-refractivity contribution < 1.29 is 4.79 Å². The van der Waals surface area contributed by atoms with Crippen LogP contribution in [-0.2, 0) is 7.05 Å². The van der Waals surface area contributed by atoms with Gasteiger partial charge >= 0.3 is 0 Å². The number of likely N-dealkylation sites (tertiary alicyclic amines) is 1. The van der Waals surface area contributed by atoms with Crippen LogP contribution in [0.2, 0.25) is 0 Å². The molecule has 0 radical (unpaired) electrons. The highest BCUT2D eigenvalue weighted by Crippen LogP contribution is 2.28. The summed E-state index contributed by atoms with van der Waals surface area (Å²) in [5, 5.41) is 4.34. The number of nitrogens with two attached hydrogens (primary N) is 1. The highest BCUT2D eigenvalue weighted by atomic mass is 35.5. The van der Waals surface area contributed by atoms with Crippen LogP contribution < -0.4 is 5.73 Å². The lowest BCUT2D eigenvalue weighted by Crippen LogP contribution is -2.32. The van der Waals surface area contributed by atoms with Gasteiger partial charge in [0, 0.05) is 37.8 Å². The Hall–Kier alpha value is -1.85. The highest BCUT2D eigenvalue weighted by molar-refractivity contribution is 5.96. The maximum Gasteiger partial charge on any atom is 0.257 e. The molecule has 124 valence electrons. The van der Waals surface area contributed by atoms with Crippen LogP contribution in [0.1, 0.15) is 33.2 Å². The molecule has 1 aromatic carbocycles. The normalized spacial score (nSPS) is 20.4. The van der Waals surface area contributed by atoms with E-state index in [-0.39, 0.29) is 30.3 Å². The Morgan fingerprint density at radius 2 is 1.87 bits per heavy atom. The van der Waals surface area contributed by atoms with E-state index in [0.717, 1.165) is 11.4 Å². The number of carbonyl (C=O) groups excluding carboxylic acids is 1. The molecule has 2 atom stereocenters. The zero-order valence-electron chi connectivity index (χ0n) is 13.7. The van der Waals surface area contributed by atoms with Gasteiger partial charge in [0.2, 0.25) is 0 Å². The summed E-state index contributed by atoms with van der Waals surface area (Å²) in [5.41, 5.74) is 9.88. The van der Waals surface area contributed by atoms with Crippen LogP contribution in [0, 0.1) is 13.8 Å². The molecule has 5 nitrogen and oxygen atoms in total. The van der Waals surface area contributed by atoms with Crippen molar-refractivity contribution in [2.24, 2.45) is 12.8 Å². The van der Waals surface area contributed by atoms with E-state index in [2.05, 4.69) is 17.2 Å². The standard InChI is InChI=1S/C17H22N4O.ClH/c1-11-16(12(2)20(3)19-11)17(22)21-9-14(15(18)10-21)13-7-5-4-6-8-13;/h4-8,14-15H,9-10,18H2,1-3H3;1H/t14-,15+;/m0./s1. The van der Waals surface area contributed by atoms with Crippen LogP contribution in [0.5, 0.6) is 0 Å². The van der Waals surface area contributed by atoms with Crippen molar-refractivity contribution >= 4 is 18.3 Å². The van der Waals surface area contributed by atoms with Crippen LogP contribution >= 0.6 is 12.4 Å². The van der Waals surface area contributed by atoms with E-state index >= 15 is 0 Å². The second-order valence-electron chi connectivity index (χ2n) is 6.06. The maximum atomic E-state index is 12.8. The van der Waals surface area contributed by atoms with Crippen LogP contribution in [0.25, 0.3) is 0 Å². The van der Waals surface area contributed by atoms with Crippen LogP contribution in [-0.4, -0.2) is 39.7 Å². The van der Waals surface area contributed by atoms with Gasteiger partial charge in [-0.1, -0.05) is 30.3 Å². The van der Waals surface area contributed by atoms with Gasteiger partial charge in [0.1, 0.15) is 0 Å². The van der Waals surface area contributed by atoms with Gasteiger partial charge in [-0.15, -0.1) is 12.4 Å². The van der Waals surface area contributed by atoms with E-state index in [1.54, 1.807) is 4.68 Å². The number of aryl methyl sites for hydroxylation is 2. The van der Waals surface area contributed by atoms with Gasteiger partial charge in [-0.3, -0.25) is 9.48 Å². The molecule has 1 fully saturated rings. The summed E-state index contributed by atoms with van der Waals surface area (Å²) in [6.45, 7) is 5.06. The first-order valence-electron chi connectivity index (χ1n) is 7.59. The predicted molar refractivity (Wildman–Crippen MR) is 93.0 cm³/mol. The number of rotatable bonds is 2. The van der Waals surface area contributed by atoms with Crippen molar-refractivity contribution in [1.82, 2.24) is 14.7 Å². The minimum absolute atomic E-state index is 0. The lowest BCUT2D eigenvalue weighted by molar-refractivity contribution is 0.0787. The van der Waals surface area contributed by atoms with Gasteiger partial charge in [0.05, 0.1) is 11.3 Å². The molecule has 1 aliphatic rings. The quantitative estimate of drug-likeness (QED) is 0.914. The number of hydrogen-bond acceptors (Lipinski definition) is 3. The fourth-order valence-electron chi connectivity index (χ4n) is 3.29. The maximum absolute atomic E-state index is 12.8. The Morgan fingerprint density at radius 3 is 2.43 bits per heavy atom. The lowest BCUT2D eigenvalue weighted by atomic mass is 9.95. The van der Waals surface area contributed by atoms with Crippen LogP contribution in [0.15, 0.2) is 30.3 Å². The first kappa shape index (κ1) is 17.5. The summed E-state index contributed by atoms with van der Waals surface area (Å²) in [5.74, 6) is 0.236. The van der Waals surface area contributed by atoms with Gasteiger partial charge in [-0.25, -0.2) is 0 Å². The fourth-order valence-corrected chi connectivity index (χ4v) is 3.29. The van der Waals surface area contributed by atoms with Crippen molar-refractivity contribution in [3.05, 3.63) is 52.8 Å². The Bertz CT molecular complexity index is 698. The largest absolute Gasteiger partial charge is 0.336 e. The average molecular weight is 335 g/mol. The summed E-state index contributed by atoms with van der Waals surface area (Å²) in [6.07, 6.45) is 0. The third-order valence-corrected chi connectivity index (χ3v) is 4.60. The van der Waals surface area contributed by atoms with Gasteiger partial charge in [-0.2, -0.15) is 5.10 Å². The molecule has 0 bridgehead atoms. The number of aromatic nitrogens is 2. The van der Waals surface area contributed by atoms with Crippen molar-refractivity contribution in [3.63, 3.8) is 0 Å². The number of amides is 1. The Labute approximate surface area is 142 Å². The molecular weight excluding hydrogens is 312 g/mol. The average Bonchev–Trinajstić information content (AvgIpc) is 3.00. The molecule has 0 unspecified atom stereocenters. The van der Waals surface area contributed by atoms with Crippen molar-refractivity contribution in [2.75, 3.05) is 13.1 Å². The van der Waals surface area contributed by atoms with E-state index in [4.69, 9.17) is 5.73 Å². The number of nitrogens with zero attached hydrogens (tertiary/aromatic N) is 3. The first-order chi connectivity index (χ1) is 10.5. The van der Waals surface area contributed by atoms with E-state index in [1.165, 1.54) is 5.56 Å². The smallest absolute Gasteiger partial charge is 0.257 e. The minimum atomic E-state index is -0.0244. The van der Waals surface area contributed by atoms with Crippen molar-refractivity contribution in [2.45, 2.75) is 25.8 Å². The number of carbonyl (C=O) groups is 1. The highest BCUT2D eigenvalue weighted by Gasteiger charge is 2.35. The second kappa shape index (κ2) is 6.72. The molecule has 3 rings (SSSR count). The molecule has 1 aromatic heterocycles.